The predicted molar refractivity (Wildman–Crippen MR) is 74.2 cm³/mol. The maximum atomic E-state index is 11.3. The van der Waals surface area contributed by atoms with Gasteiger partial charge in [-0.1, -0.05) is 12.1 Å². The molecule has 0 aliphatic rings. The average Bonchev–Trinajstić information content (AvgIpc) is 2.86. The molecule has 0 amide bonds. The summed E-state index contributed by atoms with van der Waals surface area (Å²) < 4.78 is 4.87. The first-order chi connectivity index (χ1) is 9.20. The molecule has 0 radical (unpaired) electrons. The molecular weight excluding hydrogens is 262 g/mol. The summed E-state index contributed by atoms with van der Waals surface area (Å²) in [7, 11) is 0. The molecule has 0 fully saturated rings. The van der Waals surface area contributed by atoms with Crippen LogP contribution in [0.3, 0.4) is 0 Å². The number of benzene rings is 1. The van der Waals surface area contributed by atoms with Gasteiger partial charge in [-0.2, -0.15) is 0 Å². The van der Waals surface area contributed by atoms with Gasteiger partial charge in [0.25, 0.3) is 0 Å². The number of carbonyl (C=O) groups excluding carboxylic acids is 1. The first kappa shape index (κ1) is 13.5. The van der Waals surface area contributed by atoms with Gasteiger partial charge in [0.1, 0.15) is 10.8 Å². The first-order valence-corrected chi connectivity index (χ1v) is 6.97. The van der Waals surface area contributed by atoms with Gasteiger partial charge in [0.15, 0.2) is 0 Å². The summed E-state index contributed by atoms with van der Waals surface area (Å²) >= 11 is 1.46. The summed E-state index contributed by atoms with van der Waals surface area (Å²) in [6, 6.07) is 7.08. The Bertz CT molecular complexity index is 565. The van der Waals surface area contributed by atoms with Crippen LogP contribution in [0.2, 0.25) is 0 Å². The molecule has 0 atom stereocenters. The first-order valence-electron chi connectivity index (χ1n) is 6.09. The minimum absolute atomic E-state index is 0.209. The number of thiazole rings is 1. The van der Waals surface area contributed by atoms with Crippen molar-refractivity contribution in [1.82, 2.24) is 4.98 Å². The Balaban J connectivity index is 2.04. The van der Waals surface area contributed by atoms with Gasteiger partial charge in [0.05, 0.1) is 24.3 Å². The zero-order valence-corrected chi connectivity index (χ0v) is 11.4. The van der Waals surface area contributed by atoms with Crippen molar-refractivity contribution in [3.8, 4) is 16.3 Å². The van der Waals surface area contributed by atoms with Crippen LogP contribution >= 0.6 is 11.3 Å². The second-order valence-corrected chi connectivity index (χ2v) is 4.82. The molecule has 1 heterocycles. The normalized spacial score (nSPS) is 10.4. The summed E-state index contributed by atoms with van der Waals surface area (Å²) in [5.74, 6) is 0.00778. The van der Waals surface area contributed by atoms with Crippen molar-refractivity contribution in [3.63, 3.8) is 0 Å². The summed E-state index contributed by atoms with van der Waals surface area (Å²) in [4.78, 5) is 15.7. The largest absolute Gasteiger partial charge is 0.507 e. The van der Waals surface area contributed by atoms with Crippen molar-refractivity contribution in [3.05, 3.63) is 35.3 Å². The van der Waals surface area contributed by atoms with Crippen LogP contribution in [0.4, 0.5) is 0 Å². The lowest BCUT2D eigenvalue weighted by Gasteiger charge is -2.00. The highest BCUT2D eigenvalue weighted by molar-refractivity contribution is 7.13. The minimum atomic E-state index is -0.209. The van der Waals surface area contributed by atoms with E-state index in [9.17, 15) is 9.90 Å². The van der Waals surface area contributed by atoms with Crippen molar-refractivity contribution >= 4 is 17.3 Å². The molecule has 1 N–H and O–H groups in total. The molecular formula is C14H15NO3S. The number of phenolic OH excluding ortho intramolecular Hbond substituents is 1. The lowest BCUT2D eigenvalue weighted by atomic mass is 10.2. The van der Waals surface area contributed by atoms with Crippen LogP contribution in [-0.2, 0) is 16.0 Å². The Kier molecular flexibility index (Phi) is 4.52. The molecule has 0 saturated heterocycles. The van der Waals surface area contributed by atoms with Crippen LogP contribution in [0.25, 0.3) is 10.6 Å². The van der Waals surface area contributed by atoms with E-state index >= 15 is 0 Å². The van der Waals surface area contributed by atoms with Gasteiger partial charge in [0.2, 0.25) is 0 Å². The SMILES string of the molecule is CCOC(=O)CCc1csc(-c2ccccc2O)n1. The molecule has 0 unspecified atom stereocenters. The second kappa shape index (κ2) is 6.33. The third kappa shape index (κ3) is 3.54. The number of phenols is 1. The van der Waals surface area contributed by atoms with Crippen molar-refractivity contribution in [2.45, 2.75) is 19.8 Å². The number of hydrogen-bond donors (Lipinski definition) is 1. The molecule has 2 aromatic rings. The quantitative estimate of drug-likeness (QED) is 0.853. The van der Waals surface area contributed by atoms with Crippen molar-refractivity contribution < 1.29 is 14.6 Å². The van der Waals surface area contributed by atoms with E-state index < -0.39 is 0 Å². The summed E-state index contributed by atoms with van der Waals surface area (Å²) in [6.07, 6.45) is 0.890. The van der Waals surface area contributed by atoms with Crippen molar-refractivity contribution in [2.24, 2.45) is 0 Å². The molecule has 4 nitrogen and oxygen atoms in total. The third-order valence-corrected chi connectivity index (χ3v) is 3.50. The zero-order chi connectivity index (χ0) is 13.7. The number of nitrogens with zero attached hydrogens (tertiary/aromatic N) is 1. The molecule has 1 aromatic heterocycles. The molecule has 0 saturated carbocycles. The lowest BCUT2D eigenvalue weighted by Crippen LogP contribution is -2.05. The molecule has 0 spiro atoms. The highest BCUT2D eigenvalue weighted by Crippen LogP contribution is 2.31. The fourth-order valence-electron chi connectivity index (χ4n) is 1.66. The van der Waals surface area contributed by atoms with Crippen molar-refractivity contribution in [1.29, 1.82) is 0 Å². The number of carbonyl (C=O) groups is 1. The maximum absolute atomic E-state index is 11.3. The summed E-state index contributed by atoms with van der Waals surface area (Å²) in [5.41, 5.74) is 1.56. The maximum Gasteiger partial charge on any atom is 0.306 e. The van der Waals surface area contributed by atoms with E-state index in [1.165, 1.54) is 11.3 Å². The Labute approximate surface area is 115 Å². The molecule has 5 heteroatoms. The number of rotatable bonds is 5. The van der Waals surface area contributed by atoms with E-state index in [1.807, 2.05) is 17.5 Å². The fourth-order valence-corrected chi connectivity index (χ4v) is 2.55. The van der Waals surface area contributed by atoms with Crippen LogP contribution in [0, 0.1) is 0 Å². The fraction of sp³-hybridized carbons (Fsp3) is 0.286. The minimum Gasteiger partial charge on any atom is -0.507 e. The lowest BCUT2D eigenvalue weighted by molar-refractivity contribution is -0.143. The van der Waals surface area contributed by atoms with Gasteiger partial charge in [-0.15, -0.1) is 11.3 Å². The zero-order valence-electron chi connectivity index (χ0n) is 10.6. The highest BCUT2D eigenvalue weighted by atomic mass is 32.1. The molecule has 19 heavy (non-hydrogen) atoms. The molecule has 2 rings (SSSR count). The predicted octanol–water partition coefficient (Wildman–Crippen LogP) is 3.01. The number of para-hydroxylation sites is 1. The second-order valence-electron chi connectivity index (χ2n) is 3.97. The molecule has 1 aromatic carbocycles. The van der Waals surface area contributed by atoms with Crippen LogP contribution in [0.15, 0.2) is 29.6 Å². The molecule has 0 bridgehead atoms. The van der Waals surface area contributed by atoms with Crippen molar-refractivity contribution in [2.75, 3.05) is 6.61 Å². The Morgan fingerprint density at radius 1 is 1.42 bits per heavy atom. The van der Waals surface area contributed by atoms with E-state index in [1.54, 1.807) is 19.1 Å². The van der Waals surface area contributed by atoms with E-state index in [2.05, 4.69) is 4.98 Å². The van der Waals surface area contributed by atoms with Gasteiger partial charge in [-0.25, -0.2) is 4.98 Å². The van der Waals surface area contributed by atoms with Gasteiger partial charge in [0, 0.05) is 11.8 Å². The number of hydrogen-bond acceptors (Lipinski definition) is 5. The van der Waals surface area contributed by atoms with E-state index in [0.717, 1.165) is 16.3 Å². The van der Waals surface area contributed by atoms with Crippen LogP contribution in [0.5, 0.6) is 5.75 Å². The van der Waals surface area contributed by atoms with Crippen LogP contribution in [0.1, 0.15) is 19.0 Å². The van der Waals surface area contributed by atoms with E-state index in [0.29, 0.717) is 19.4 Å². The van der Waals surface area contributed by atoms with Gasteiger partial charge >= 0.3 is 5.97 Å². The number of aryl methyl sites for hydroxylation is 1. The van der Waals surface area contributed by atoms with E-state index in [-0.39, 0.29) is 11.7 Å². The smallest absolute Gasteiger partial charge is 0.306 e. The van der Waals surface area contributed by atoms with Crippen LogP contribution in [-0.4, -0.2) is 22.7 Å². The van der Waals surface area contributed by atoms with Gasteiger partial charge in [-0.3, -0.25) is 4.79 Å². The topological polar surface area (TPSA) is 59.4 Å². The average molecular weight is 277 g/mol. The number of aromatic hydroxyl groups is 1. The third-order valence-electron chi connectivity index (χ3n) is 2.58. The number of esters is 1. The Morgan fingerprint density at radius 2 is 2.21 bits per heavy atom. The van der Waals surface area contributed by atoms with Gasteiger partial charge < -0.3 is 9.84 Å². The Hall–Kier alpha value is -1.88. The van der Waals surface area contributed by atoms with E-state index in [4.69, 9.17) is 4.74 Å². The van der Waals surface area contributed by atoms with Crippen LogP contribution < -0.4 is 0 Å². The summed E-state index contributed by atoms with van der Waals surface area (Å²) in [5, 5.41) is 12.4. The van der Waals surface area contributed by atoms with Gasteiger partial charge in [-0.05, 0) is 19.1 Å². The number of aromatic nitrogens is 1. The molecule has 0 aliphatic carbocycles. The standard InChI is InChI=1S/C14H15NO3S/c1-2-18-13(17)8-7-10-9-19-14(15-10)11-5-3-4-6-12(11)16/h3-6,9,16H,2,7-8H2,1H3. The summed E-state index contributed by atoms with van der Waals surface area (Å²) in [6.45, 7) is 2.19. The molecule has 100 valence electrons. The highest BCUT2D eigenvalue weighted by Gasteiger charge is 2.10. The number of ether oxygens (including phenoxy) is 1. The Morgan fingerprint density at radius 3 is 2.95 bits per heavy atom. The molecule has 0 aliphatic heterocycles. The monoisotopic (exact) mass is 277 g/mol.